The molecule has 1 fully saturated rings. The van der Waals surface area contributed by atoms with Gasteiger partial charge in [0.25, 0.3) is 0 Å². The summed E-state index contributed by atoms with van der Waals surface area (Å²) in [7, 11) is 0. The minimum atomic E-state index is -0.354. The Bertz CT molecular complexity index is 1130. The summed E-state index contributed by atoms with van der Waals surface area (Å²) < 4.78 is 27.8. The van der Waals surface area contributed by atoms with Gasteiger partial charge in [0.1, 0.15) is 11.6 Å². The molecule has 4 nitrogen and oxygen atoms in total. The number of carbonyl (C=O) groups is 1. The van der Waals surface area contributed by atoms with E-state index in [1.165, 1.54) is 30.0 Å². The van der Waals surface area contributed by atoms with E-state index in [4.69, 9.17) is 0 Å². The number of hydrogen-bond donors (Lipinski definition) is 0. The van der Waals surface area contributed by atoms with Gasteiger partial charge in [-0.25, -0.2) is 8.78 Å². The highest BCUT2D eigenvalue weighted by Crippen LogP contribution is 2.39. The van der Waals surface area contributed by atoms with Crippen LogP contribution >= 0.6 is 0 Å². The first-order valence-corrected chi connectivity index (χ1v) is 12.0. The molecule has 3 aromatic carbocycles. The van der Waals surface area contributed by atoms with Crippen LogP contribution in [0.2, 0.25) is 0 Å². The van der Waals surface area contributed by atoms with E-state index in [2.05, 4.69) is 21.9 Å². The molecule has 1 saturated heterocycles. The molecule has 34 heavy (non-hydrogen) atoms. The number of para-hydroxylation sites is 1. The predicted molar refractivity (Wildman–Crippen MR) is 131 cm³/mol. The van der Waals surface area contributed by atoms with E-state index in [1.54, 1.807) is 23.1 Å². The average molecular weight is 462 g/mol. The SMILES string of the molecule is O=C(CN1CCN(c2ccccc2)CC1)N1CCCC(c2ccc(F)cc2)c2ccc(F)cc21. The number of benzene rings is 3. The zero-order valence-electron chi connectivity index (χ0n) is 19.2. The van der Waals surface area contributed by atoms with Crippen molar-refractivity contribution in [2.45, 2.75) is 18.8 Å². The molecule has 2 heterocycles. The smallest absolute Gasteiger partial charge is 0.241 e. The first kappa shape index (κ1) is 22.5. The number of fused-ring (bicyclic) bond motifs is 1. The quantitative estimate of drug-likeness (QED) is 0.544. The van der Waals surface area contributed by atoms with Gasteiger partial charge in [0.05, 0.1) is 12.2 Å². The van der Waals surface area contributed by atoms with Gasteiger partial charge in [0.15, 0.2) is 0 Å². The highest BCUT2D eigenvalue weighted by molar-refractivity contribution is 5.96. The summed E-state index contributed by atoms with van der Waals surface area (Å²) in [6.45, 7) is 4.23. The first-order valence-electron chi connectivity index (χ1n) is 12.0. The lowest BCUT2D eigenvalue weighted by atomic mass is 9.87. The largest absolute Gasteiger partial charge is 0.369 e. The third kappa shape index (κ3) is 4.82. The van der Waals surface area contributed by atoms with Crippen LogP contribution in [0.25, 0.3) is 0 Å². The van der Waals surface area contributed by atoms with E-state index in [0.717, 1.165) is 50.1 Å². The number of piperazine rings is 1. The predicted octanol–water partition coefficient (Wildman–Crippen LogP) is 5.05. The average Bonchev–Trinajstić information content (AvgIpc) is 3.05. The topological polar surface area (TPSA) is 26.8 Å². The maximum Gasteiger partial charge on any atom is 0.241 e. The van der Waals surface area contributed by atoms with Gasteiger partial charge in [-0.1, -0.05) is 36.4 Å². The van der Waals surface area contributed by atoms with Gasteiger partial charge in [-0.05, 0) is 60.4 Å². The zero-order valence-corrected chi connectivity index (χ0v) is 19.2. The van der Waals surface area contributed by atoms with Gasteiger partial charge in [-0.2, -0.15) is 0 Å². The van der Waals surface area contributed by atoms with Crippen molar-refractivity contribution >= 4 is 17.3 Å². The minimum absolute atomic E-state index is 0.000216. The Morgan fingerprint density at radius 3 is 2.26 bits per heavy atom. The Hall–Kier alpha value is -3.25. The van der Waals surface area contributed by atoms with Crippen molar-refractivity contribution in [3.05, 3.63) is 95.6 Å². The van der Waals surface area contributed by atoms with Crippen LogP contribution in [0, 0.1) is 11.6 Å². The van der Waals surface area contributed by atoms with Crippen LogP contribution in [0.1, 0.15) is 29.9 Å². The first-order chi connectivity index (χ1) is 16.6. The molecule has 0 spiro atoms. The third-order valence-electron chi connectivity index (χ3n) is 6.96. The fraction of sp³-hybridized carbons (Fsp3) is 0.321. The molecule has 0 radical (unpaired) electrons. The van der Waals surface area contributed by atoms with Crippen LogP contribution in [-0.2, 0) is 4.79 Å². The molecule has 6 heteroatoms. The number of rotatable bonds is 4. The molecular weight excluding hydrogens is 432 g/mol. The molecular formula is C28H29F2N3O. The summed E-state index contributed by atoms with van der Waals surface area (Å²) >= 11 is 0. The highest BCUT2D eigenvalue weighted by atomic mass is 19.1. The Balaban J connectivity index is 1.32. The second-order valence-corrected chi connectivity index (χ2v) is 9.09. The normalized spacial score (nSPS) is 18.9. The van der Waals surface area contributed by atoms with Crippen molar-refractivity contribution < 1.29 is 13.6 Å². The van der Waals surface area contributed by atoms with Crippen LogP contribution in [0.15, 0.2) is 72.8 Å². The van der Waals surface area contributed by atoms with Crippen LogP contribution in [-0.4, -0.2) is 50.1 Å². The molecule has 176 valence electrons. The number of nitrogens with zero attached hydrogens (tertiary/aromatic N) is 3. The number of amides is 1. The highest BCUT2D eigenvalue weighted by Gasteiger charge is 2.29. The van der Waals surface area contributed by atoms with Gasteiger partial charge in [0, 0.05) is 44.3 Å². The van der Waals surface area contributed by atoms with Gasteiger partial charge in [0.2, 0.25) is 5.91 Å². The van der Waals surface area contributed by atoms with Crippen LogP contribution in [0.4, 0.5) is 20.2 Å². The lowest BCUT2D eigenvalue weighted by Gasteiger charge is -2.36. The maximum atomic E-state index is 14.3. The molecule has 0 aromatic heterocycles. The summed E-state index contributed by atoms with van der Waals surface area (Å²) in [6, 6.07) is 21.5. The summed E-state index contributed by atoms with van der Waals surface area (Å²) in [6.07, 6.45) is 1.62. The van der Waals surface area contributed by atoms with Crippen LogP contribution in [0.3, 0.4) is 0 Å². The van der Waals surface area contributed by atoms with E-state index in [-0.39, 0.29) is 23.5 Å². The molecule has 0 bridgehead atoms. The Morgan fingerprint density at radius 1 is 0.824 bits per heavy atom. The van der Waals surface area contributed by atoms with Crippen LogP contribution < -0.4 is 9.80 Å². The van der Waals surface area contributed by atoms with Gasteiger partial charge >= 0.3 is 0 Å². The van der Waals surface area contributed by atoms with E-state index in [9.17, 15) is 13.6 Å². The van der Waals surface area contributed by atoms with E-state index in [0.29, 0.717) is 18.8 Å². The molecule has 3 aromatic rings. The number of anilines is 2. The second kappa shape index (κ2) is 9.94. The van der Waals surface area contributed by atoms with Gasteiger partial charge in [-0.3, -0.25) is 9.69 Å². The van der Waals surface area contributed by atoms with E-state index < -0.39 is 0 Å². The molecule has 5 rings (SSSR count). The van der Waals surface area contributed by atoms with Gasteiger partial charge in [-0.15, -0.1) is 0 Å². The Kier molecular flexibility index (Phi) is 6.59. The Morgan fingerprint density at radius 2 is 1.53 bits per heavy atom. The fourth-order valence-electron chi connectivity index (χ4n) is 5.15. The van der Waals surface area contributed by atoms with E-state index in [1.807, 2.05) is 18.2 Å². The summed E-state index contributed by atoms with van der Waals surface area (Å²) in [4.78, 5) is 19.7. The number of carbonyl (C=O) groups excluding carboxylic acids is 1. The minimum Gasteiger partial charge on any atom is -0.369 e. The standard InChI is InChI=1S/C28H29F2N3O/c29-22-10-8-21(9-11-22)25-7-4-14-33(27-19-23(30)12-13-26(25)27)28(34)20-31-15-17-32(18-16-31)24-5-2-1-3-6-24/h1-3,5-6,8-13,19,25H,4,7,14-18,20H2. The molecule has 2 aliphatic rings. The fourth-order valence-corrected chi connectivity index (χ4v) is 5.15. The molecule has 1 atom stereocenters. The summed E-state index contributed by atoms with van der Waals surface area (Å²) in [5.41, 5.74) is 3.75. The van der Waals surface area contributed by atoms with Crippen molar-refractivity contribution in [1.82, 2.24) is 4.90 Å². The molecule has 0 saturated carbocycles. The summed E-state index contributed by atoms with van der Waals surface area (Å²) in [5.74, 6) is -0.628. The number of hydrogen-bond acceptors (Lipinski definition) is 3. The van der Waals surface area contributed by atoms with Gasteiger partial charge < -0.3 is 9.80 Å². The van der Waals surface area contributed by atoms with Crippen molar-refractivity contribution in [1.29, 1.82) is 0 Å². The summed E-state index contributed by atoms with van der Waals surface area (Å²) in [5, 5.41) is 0. The number of halogens is 2. The lowest BCUT2D eigenvalue weighted by molar-refractivity contribution is -0.119. The lowest BCUT2D eigenvalue weighted by Crippen LogP contribution is -2.50. The monoisotopic (exact) mass is 461 g/mol. The molecule has 2 aliphatic heterocycles. The zero-order chi connectivity index (χ0) is 23.5. The van der Waals surface area contributed by atoms with Crippen molar-refractivity contribution in [3.63, 3.8) is 0 Å². The Labute approximate surface area is 199 Å². The van der Waals surface area contributed by atoms with Crippen molar-refractivity contribution in [2.75, 3.05) is 49.1 Å². The van der Waals surface area contributed by atoms with Crippen molar-refractivity contribution in [3.8, 4) is 0 Å². The second-order valence-electron chi connectivity index (χ2n) is 9.09. The molecule has 0 N–H and O–H groups in total. The van der Waals surface area contributed by atoms with Crippen LogP contribution in [0.5, 0.6) is 0 Å². The third-order valence-corrected chi connectivity index (χ3v) is 6.96. The molecule has 1 unspecified atom stereocenters. The molecule has 1 amide bonds. The molecule has 0 aliphatic carbocycles. The maximum absolute atomic E-state index is 14.3. The van der Waals surface area contributed by atoms with Crippen molar-refractivity contribution in [2.24, 2.45) is 0 Å². The van der Waals surface area contributed by atoms with E-state index >= 15 is 0 Å².